The Hall–Kier alpha value is -2.74. The molecule has 0 saturated heterocycles. The summed E-state index contributed by atoms with van der Waals surface area (Å²) in [4.78, 5) is 22.1. The van der Waals surface area contributed by atoms with Gasteiger partial charge in [0.2, 0.25) is 0 Å². The molecule has 3 heterocycles. The summed E-state index contributed by atoms with van der Waals surface area (Å²) >= 11 is 16.2. The van der Waals surface area contributed by atoms with E-state index >= 15 is 0 Å². The SMILES string of the molecule is CC(C)c1nc2nc(-c3ccc(Br)cc3Cl)c(-c3ccc(Cl)cc3)cc2c2n[nH]c(=O)n12. The van der Waals surface area contributed by atoms with Crippen molar-refractivity contribution in [1.29, 1.82) is 0 Å². The van der Waals surface area contributed by atoms with Gasteiger partial charge in [0.25, 0.3) is 0 Å². The van der Waals surface area contributed by atoms with Crippen LogP contribution in [0.3, 0.4) is 0 Å². The number of benzene rings is 2. The molecule has 9 heteroatoms. The molecule has 0 aliphatic heterocycles. The Balaban J connectivity index is 1.92. The van der Waals surface area contributed by atoms with Crippen LogP contribution < -0.4 is 5.69 Å². The van der Waals surface area contributed by atoms with Crippen molar-refractivity contribution in [3.8, 4) is 22.4 Å². The molecule has 0 bridgehead atoms. The van der Waals surface area contributed by atoms with Crippen molar-refractivity contribution in [1.82, 2.24) is 24.6 Å². The highest BCUT2D eigenvalue weighted by molar-refractivity contribution is 9.10. The smallest absolute Gasteiger partial charge is 0.246 e. The van der Waals surface area contributed by atoms with Crippen molar-refractivity contribution in [2.45, 2.75) is 19.8 Å². The number of fused-ring (bicyclic) bond motifs is 3. The molecule has 6 nitrogen and oxygen atoms in total. The van der Waals surface area contributed by atoms with Gasteiger partial charge in [-0.05, 0) is 35.9 Å². The van der Waals surface area contributed by atoms with E-state index in [9.17, 15) is 4.79 Å². The number of nitrogens with one attached hydrogen (secondary N) is 1. The zero-order valence-electron chi connectivity index (χ0n) is 17.0. The molecular weight excluding hydrogens is 513 g/mol. The summed E-state index contributed by atoms with van der Waals surface area (Å²) in [6.45, 7) is 3.95. The molecule has 0 fully saturated rings. The van der Waals surface area contributed by atoms with Gasteiger partial charge in [-0.25, -0.2) is 24.3 Å². The number of halogens is 3. The average molecular weight is 529 g/mol. The molecule has 5 rings (SSSR count). The minimum atomic E-state index is -0.328. The molecule has 1 N–H and O–H groups in total. The molecule has 0 aliphatic carbocycles. The molecule has 5 aromatic rings. The van der Waals surface area contributed by atoms with Gasteiger partial charge in [-0.2, -0.15) is 5.10 Å². The highest BCUT2D eigenvalue weighted by Gasteiger charge is 2.20. The van der Waals surface area contributed by atoms with Crippen LogP contribution in [0.5, 0.6) is 0 Å². The maximum Gasteiger partial charge on any atom is 0.349 e. The van der Waals surface area contributed by atoms with Crippen molar-refractivity contribution in [2.75, 3.05) is 0 Å². The second-order valence-electron chi connectivity index (χ2n) is 7.70. The highest BCUT2D eigenvalue weighted by Crippen LogP contribution is 2.38. The minimum absolute atomic E-state index is 0.00494. The van der Waals surface area contributed by atoms with Gasteiger partial charge in [0.1, 0.15) is 5.82 Å². The maximum absolute atomic E-state index is 12.5. The third kappa shape index (κ3) is 3.50. The lowest BCUT2D eigenvalue weighted by molar-refractivity contribution is 0.747. The van der Waals surface area contributed by atoms with Gasteiger partial charge in [-0.15, -0.1) is 0 Å². The fraction of sp³-hybridized carbons (Fsp3) is 0.130. The van der Waals surface area contributed by atoms with Crippen LogP contribution in [0.1, 0.15) is 25.6 Å². The Bertz CT molecular complexity index is 1560. The molecule has 2 aromatic carbocycles. The number of hydrogen-bond acceptors (Lipinski definition) is 4. The van der Waals surface area contributed by atoms with Crippen molar-refractivity contribution < 1.29 is 0 Å². The largest absolute Gasteiger partial charge is 0.349 e. The molecule has 0 radical (unpaired) electrons. The van der Waals surface area contributed by atoms with Gasteiger partial charge in [0.15, 0.2) is 11.3 Å². The number of H-pyrrole nitrogens is 1. The molecular formula is C23H16BrCl2N5O. The van der Waals surface area contributed by atoms with E-state index < -0.39 is 0 Å². The van der Waals surface area contributed by atoms with Crippen molar-refractivity contribution in [2.24, 2.45) is 0 Å². The molecule has 32 heavy (non-hydrogen) atoms. The summed E-state index contributed by atoms with van der Waals surface area (Å²) < 4.78 is 2.38. The van der Waals surface area contributed by atoms with Crippen LogP contribution in [0.15, 0.2) is 57.8 Å². The van der Waals surface area contributed by atoms with Crippen LogP contribution in [0.25, 0.3) is 39.1 Å². The van der Waals surface area contributed by atoms with E-state index in [2.05, 4.69) is 26.1 Å². The summed E-state index contributed by atoms with van der Waals surface area (Å²) in [5.41, 5.74) is 3.84. The standard InChI is InChI=1S/C23H16BrCl2N5O/c1-11(2)21-28-20-17(22-29-30-23(32)31(21)22)10-16(12-3-6-14(25)7-4-12)19(27-20)15-8-5-13(24)9-18(15)26/h3-11H,1-2H3,(H,30,32). The Morgan fingerprint density at radius 2 is 1.75 bits per heavy atom. The molecule has 0 saturated carbocycles. The van der Waals surface area contributed by atoms with E-state index in [1.807, 2.05) is 62.4 Å². The molecule has 160 valence electrons. The monoisotopic (exact) mass is 527 g/mol. The molecule has 0 spiro atoms. The summed E-state index contributed by atoms with van der Waals surface area (Å²) in [5.74, 6) is 0.584. The average Bonchev–Trinajstić information content (AvgIpc) is 3.15. The van der Waals surface area contributed by atoms with E-state index in [1.165, 1.54) is 4.40 Å². The van der Waals surface area contributed by atoms with Crippen LogP contribution in [0.4, 0.5) is 0 Å². The first-order valence-corrected chi connectivity index (χ1v) is 11.4. The Morgan fingerprint density at radius 1 is 1.00 bits per heavy atom. The van der Waals surface area contributed by atoms with E-state index in [0.717, 1.165) is 21.2 Å². The fourth-order valence-electron chi connectivity index (χ4n) is 3.73. The molecule has 0 amide bonds. The molecule has 3 aromatic heterocycles. The number of rotatable bonds is 3. The van der Waals surface area contributed by atoms with Gasteiger partial charge < -0.3 is 0 Å². The van der Waals surface area contributed by atoms with Crippen LogP contribution >= 0.6 is 39.1 Å². The van der Waals surface area contributed by atoms with Crippen LogP contribution in [-0.4, -0.2) is 24.6 Å². The number of nitrogens with zero attached hydrogens (tertiary/aromatic N) is 4. The summed E-state index contributed by atoms with van der Waals surface area (Å²) in [5, 5.41) is 8.65. The summed E-state index contributed by atoms with van der Waals surface area (Å²) in [6.07, 6.45) is 0. The highest BCUT2D eigenvalue weighted by atomic mass is 79.9. The van der Waals surface area contributed by atoms with E-state index in [0.29, 0.717) is 38.2 Å². The van der Waals surface area contributed by atoms with Gasteiger partial charge in [0, 0.05) is 26.5 Å². The second-order valence-corrected chi connectivity index (χ2v) is 9.46. The van der Waals surface area contributed by atoms with Crippen LogP contribution in [0, 0.1) is 0 Å². The zero-order valence-corrected chi connectivity index (χ0v) is 20.1. The van der Waals surface area contributed by atoms with Gasteiger partial charge in [-0.3, -0.25) is 0 Å². The first-order valence-electron chi connectivity index (χ1n) is 9.86. The first-order chi connectivity index (χ1) is 15.3. The topological polar surface area (TPSA) is 75.9 Å². The van der Waals surface area contributed by atoms with Gasteiger partial charge in [0.05, 0.1) is 16.1 Å². The minimum Gasteiger partial charge on any atom is -0.246 e. The Labute approximate surface area is 201 Å². The molecule has 0 aliphatic rings. The van der Waals surface area contributed by atoms with E-state index in [-0.39, 0.29) is 11.6 Å². The van der Waals surface area contributed by atoms with E-state index in [1.54, 1.807) is 0 Å². The third-order valence-corrected chi connectivity index (χ3v) is 6.28. The van der Waals surface area contributed by atoms with Crippen LogP contribution in [-0.2, 0) is 0 Å². The molecule has 0 unspecified atom stereocenters. The van der Waals surface area contributed by atoms with E-state index in [4.69, 9.17) is 33.2 Å². The number of pyridine rings is 1. The lowest BCUT2D eigenvalue weighted by atomic mass is 9.98. The third-order valence-electron chi connectivity index (χ3n) is 5.22. The summed E-state index contributed by atoms with van der Waals surface area (Å²) in [7, 11) is 0. The zero-order chi connectivity index (χ0) is 22.6. The van der Waals surface area contributed by atoms with Crippen molar-refractivity contribution in [3.63, 3.8) is 0 Å². The first kappa shape index (κ1) is 21.1. The predicted octanol–water partition coefficient (Wildman–Crippen LogP) is 6.49. The quantitative estimate of drug-likeness (QED) is 0.290. The number of aromatic amines is 1. The molecule has 0 atom stereocenters. The fourth-order valence-corrected chi connectivity index (χ4v) is 4.61. The van der Waals surface area contributed by atoms with Crippen LogP contribution in [0.2, 0.25) is 10.0 Å². The van der Waals surface area contributed by atoms with Gasteiger partial charge >= 0.3 is 5.69 Å². The second kappa shape index (κ2) is 7.99. The van der Waals surface area contributed by atoms with Gasteiger partial charge in [-0.1, -0.05) is 71.2 Å². The predicted molar refractivity (Wildman–Crippen MR) is 132 cm³/mol. The summed E-state index contributed by atoms with van der Waals surface area (Å²) in [6, 6.07) is 15.1. The lowest BCUT2D eigenvalue weighted by Crippen LogP contribution is -2.16. The lowest BCUT2D eigenvalue weighted by Gasteiger charge is -2.15. The Morgan fingerprint density at radius 3 is 2.44 bits per heavy atom. The number of hydrogen-bond donors (Lipinski definition) is 1. The normalized spacial score (nSPS) is 11.7. The number of aromatic nitrogens is 5. The maximum atomic E-state index is 12.5. The van der Waals surface area contributed by atoms with Crippen molar-refractivity contribution >= 4 is 55.8 Å². The van der Waals surface area contributed by atoms with Crippen molar-refractivity contribution in [3.05, 3.63) is 79.4 Å². The Kier molecular flexibility index (Phi) is 5.28.